The quantitative estimate of drug-likeness (QED) is 0.856. The Balaban J connectivity index is 1.95. The van der Waals surface area contributed by atoms with Crippen LogP contribution in [0.25, 0.3) is 0 Å². The lowest BCUT2D eigenvalue weighted by Gasteiger charge is -2.04. The SMILES string of the molecule is CC(C)CNCc1nnc(Nc2ccc(F)cc2Cl)o1. The van der Waals surface area contributed by atoms with Gasteiger partial charge in [-0.25, -0.2) is 4.39 Å². The summed E-state index contributed by atoms with van der Waals surface area (Å²) >= 11 is 5.90. The fourth-order valence-corrected chi connectivity index (χ4v) is 1.76. The Kier molecular flexibility index (Phi) is 4.92. The van der Waals surface area contributed by atoms with Crippen molar-refractivity contribution in [3.63, 3.8) is 0 Å². The van der Waals surface area contributed by atoms with Crippen molar-refractivity contribution in [1.82, 2.24) is 15.5 Å². The highest BCUT2D eigenvalue weighted by Crippen LogP contribution is 2.25. The Morgan fingerprint density at radius 3 is 2.85 bits per heavy atom. The van der Waals surface area contributed by atoms with Crippen molar-refractivity contribution in [3.05, 3.63) is 34.9 Å². The number of benzene rings is 1. The monoisotopic (exact) mass is 298 g/mol. The summed E-state index contributed by atoms with van der Waals surface area (Å²) in [4.78, 5) is 0. The van der Waals surface area contributed by atoms with E-state index in [1.165, 1.54) is 18.2 Å². The van der Waals surface area contributed by atoms with Crippen LogP contribution >= 0.6 is 11.6 Å². The minimum Gasteiger partial charge on any atom is -0.406 e. The van der Waals surface area contributed by atoms with Crippen LogP contribution in [-0.2, 0) is 6.54 Å². The third kappa shape index (κ3) is 4.18. The van der Waals surface area contributed by atoms with Crippen LogP contribution in [-0.4, -0.2) is 16.7 Å². The molecule has 0 aliphatic heterocycles. The Morgan fingerprint density at radius 1 is 1.35 bits per heavy atom. The summed E-state index contributed by atoms with van der Waals surface area (Å²) < 4.78 is 18.3. The summed E-state index contributed by atoms with van der Waals surface area (Å²) in [6.45, 7) is 5.60. The number of aromatic nitrogens is 2. The summed E-state index contributed by atoms with van der Waals surface area (Å²) in [6.07, 6.45) is 0. The predicted molar refractivity (Wildman–Crippen MR) is 75.5 cm³/mol. The molecule has 0 atom stereocenters. The van der Waals surface area contributed by atoms with E-state index in [2.05, 4.69) is 34.7 Å². The molecular formula is C13H16ClFN4O. The highest BCUT2D eigenvalue weighted by molar-refractivity contribution is 6.33. The van der Waals surface area contributed by atoms with E-state index in [4.69, 9.17) is 16.0 Å². The molecule has 108 valence electrons. The molecule has 2 aromatic rings. The first-order valence-electron chi connectivity index (χ1n) is 6.30. The van der Waals surface area contributed by atoms with E-state index < -0.39 is 5.82 Å². The first kappa shape index (κ1) is 14.7. The van der Waals surface area contributed by atoms with Crippen molar-refractivity contribution in [2.75, 3.05) is 11.9 Å². The number of nitrogens with zero attached hydrogens (tertiary/aromatic N) is 2. The van der Waals surface area contributed by atoms with E-state index in [0.717, 1.165) is 6.54 Å². The van der Waals surface area contributed by atoms with Crippen LogP contribution in [0.1, 0.15) is 19.7 Å². The second kappa shape index (κ2) is 6.67. The van der Waals surface area contributed by atoms with Crippen molar-refractivity contribution >= 4 is 23.3 Å². The van der Waals surface area contributed by atoms with Crippen LogP contribution in [0.3, 0.4) is 0 Å². The van der Waals surface area contributed by atoms with Crippen LogP contribution in [0.2, 0.25) is 5.02 Å². The molecule has 1 aromatic carbocycles. The van der Waals surface area contributed by atoms with Gasteiger partial charge in [-0.2, -0.15) is 0 Å². The van der Waals surface area contributed by atoms with Crippen molar-refractivity contribution in [1.29, 1.82) is 0 Å². The minimum atomic E-state index is -0.398. The molecule has 0 unspecified atom stereocenters. The molecule has 0 saturated carbocycles. The van der Waals surface area contributed by atoms with Gasteiger partial charge in [-0.3, -0.25) is 0 Å². The van der Waals surface area contributed by atoms with E-state index in [1.54, 1.807) is 0 Å². The van der Waals surface area contributed by atoms with E-state index in [0.29, 0.717) is 24.0 Å². The Labute approximate surface area is 121 Å². The van der Waals surface area contributed by atoms with E-state index in [1.807, 2.05) is 0 Å². The molecule has 20 heavy (non-hydrogen) atoms. The van der Waals surface area contributed by atoms with Crippen LogP contribution in [0.5, 0.6) is 0 Å². The zero-order valence-electron chi connectivity index (χ0n) is 11.3. The van der Waals surface area contributed by atoms with Crippen LogP contribution in [0.4, 0.5) is 16.1 Å². The molecule has 2 N–H and O–H groups in total. The fourth-order valence-electron chi connectivity index (χ4n) is 1.55. The molecule has 0 bridgehead atoms. The molecular weight excluding hydrogens is 283 g/mol. The standard InChI is InChI=1S/C13H16ClFN4O/c1-8(2)6-16-7-12-18-19-13(20-12)17-11-4-3-9(15)5-10(11)14/h3-5,8,16H,6-7H2,1-2H3,(H,17,19). The largest absolute Gasteiger partial charge is 0.406 e. The first-order chi connectivity index (χ1) is 9.54. The number of anilines is 2. The number of hydrogen-bond acceptors (Lipinski definition) is 5. The molecule has 0 aliphatic carbocycles. The van der Waals surface area contributed by atoms with Crippen LogP contribution in [0.15, 0.2) is 22.6 Å². The van der Waals surface area contributed by atoms with Gasteiger partial charge in [-0.05, 0) is 30.7 Å². The number of rotatable bonds is 6. The van der Waals surface area contributed by atoms with E-state index in [9.17, 15) is 4.39 Å². The van der Waals surface area contributed by atoms with Crippen molar-refractivity contribution in [3.8, 4) is 0 Å². The molecule has 0 saturated heterocycles. The Morgan fingerprint density at radius 2 is 2.15 bits per heavy atom. The Bertz CT molecular complexity index is 573. The van der Waals surface area contributed by atoms with Gasteiger partial charge in [-0.1, -0.05) is 30.5 Å². The lowest BCUT2D eigenvalue weighted by molar-refractivity contribution is 0.460. The summed E-state index contributed by atoms with van der Waals surface area (Å²) in [5.41, 5.74) is 0.512. The molecule has 0 radical (unpaired) electrons. The lowest BCUT2D eigenvalue weighted by Crippen LogP contribution is -2.19. The molecule has 7 heteroatoms. The van der Waals surface area contributed by atoms with Gasteiger partial charge in [0.15, 0.2) is 0 Å². The average molecular weight is 299 g/mol. The van der Waals surface area contributed by atoms with E-state index >= 15 is 0 Å². The maximum absolute atomic E-state index is 12.9. The van der Waals surface area contributed by atoms with Crippen molar-refractivity contribution < 1.29 is 8.81 Å². The zero-order chi connectivity index (χ0) is 14.5. The van der Waals surface area contributed by atoms with Crippen LogP contribution < -0.4 is 10.6 Å². The molecule has 0 aliphatic rings. The topological polar surface area (TPSA) is 63.0 Å². The van der Waals surface area contributed by atoms with Gasteiger partial charge in [0.1, 0.15) is 5.82 Å². The number of nitrogens with one attached hydrogen (secondary N) is 2. The average Bonchev–Trinajstić information content (AvgIpc) is 2.80. The van der Waals surface area contributed by atoms with Gasteiger partial charge in [0.2, 0.25) is 5.89 Å². The molecule has 2 rings (SSSR count). The zero-order valence-corrected chi connectivity index (χ0v) is 12.0. The molecule has 0 amide bonds. The predicted octanol–water partition coefficient (Wildman–Crippen LogP) is 3.35. The Hall–Kier alpha value is -1.66. The van der Waals surface area contributed by atoms with Gasteiger partial charge >= 0.3 is 6.01 Å². The third-order valence-corrected chi connectivity index (χ3v) is 2.78. The van der Waals surface area contributed by atoms with Crippen molar-refractivity contribution in [2.45, 2.75) is 20.4 Å². The summed E-state index contributed by atoms with van der Waals surface area (Å²) in [7, 11) is 0. The van der Waals surface area contributed by atoms with Gasteiger partial charge in [0, 0.05) is 0 Å². The minimum absolute atomic E-state index is 0.222. The number of halogens is 2. The summed E-state index contributed by atoms with van der Waals surface area (Å²) in [5, 5.41) is 14.1. The maximum atomic E-state index is 12.9. The molecule has 1 heterocycles. The maximum Gasteiger partial charge on any atom is 0.320 e. The second-order valence-corrected chi connectivity index (χ2v) is 5.18. The van der Waals surface area contributed by atoms with E-state index in [-0.39, 0.29) is 11.0 Å². The first-order valence-corrected chi connectivity index (χ1v) is 6.67. The second-order valence-electron chi connectivity index (χ2n) is 4.77. The molecule has 0 spiro atoms. The number of hydrogen-bond donors (Lipinski definition) is 2. The van der Waals surface area contributed by atoms with Gasteiger partial charge in [0.05, 0.1) is 17.3 Å². The highest BCUT2D eigenvalue weighted by Gasteiger charge is 2.08. The summed E-state index contributed by atoms with van der Waals surface area (Å²) in [6, 6.07) is 4.25. The van der Waals surface area contributed by atoms with Gasteiger partial charge in [-0.15, -0.1) is 5.10 Å². The fraction of sp³-hybridized carbons (Fsp3) is 0.385. The van der Waals surface area contributed by atoms with Gasteiger partial charge < -0.3 is 15.1 Å². The van der Waals surface area contributed by atoms with Crippen molar-refractivity contribution in [2.24, 2.45) is 5.92 Å². The molecule has 1 aromatic heterocycles. The normalized spacial score (nSPS) is 11.1. The van der Waals surface area contributed by atoms with Gasteiger partial charge in [0.25, 0.3) is 0 Å². The third-order valence-electron chi connectivity index (χ3n) is 2.47. The summed E-state index contributed by atoms with van der Waals surface area (Å²) in [5.74, 6) is 0.629. The van der Waals surface area contributed by atoms with Crippen LogP contribution in [0, 0.1) is 11.7 Å². The smallest absolute Gasteiger partial charge is 0.320 e. The molecule has 0 fully saturated rings. The lowest BCUT2D eigenvalue weighted by atomic mass is 10.2. The highest BCUT2D eigenvalue weighted by atomic mass is 35.5. The molecule has 5 nitrogen and oxygen atoms in total.